The number of hydrogen-bond acceptors (Lipinski definition) is 2. The van der Waals surface area contributed by atoms with Gasteiger partial charge in [-0.3, -0.25) is 4.79 Å². The minimum atomic E-state index is -0.829. The predicted octanol–water partition coefficient (Wildman–Crippen LogP) is 2.13. The number of rotatable bonds is 2. The molecule has 1 N–H and O–H groups in total. The number of carboxylic acid groups (broad SMARTS) is 1. The zero-order chi connectivity index (χ0) is 13.6. The molecule has 3 rings (SSSR count). The topological polar surface area (TPSA) is 57.6 Å². The summed E-state index contributed by atoms with van der Waals surface area (Å²) in [6.45, 7) is 2.59. The minimum Gasteiger partial charge on any atom is -0.480 e. The number of piperidine rings is 1. The van der Waals surface area contributed by atoms with Crippen LogP contribution in [0.5, 0.6) is 0 Å². The molecule has 4 unspecified atom stereocenters. The van der Waals surface area contributed by atoms with Crippen molar-refractivity contribution in [2.45, 2.75) is 51.5 Å². The second-order valence-electron chi connectivity index (χ2n) is 6.57. The van der Waals surface area contributed by atoms with E-state index in [0.717, 1.165) is 12.8 Å². The quantitative estimate of drug-likeness (QED) is 0.832. The Morgan fingerprint density at radius 3 is 2.26 bits per heavy atom. The van der Waals surface area contributed by atoms with Gasteiger partial charge in [0.2, 0.25) is 5.91 Å². The number of nitrogens with zero attached hydrogens (tertiary/aromatic N) is 1. The van der Waals surface area contributed by atoms with E-state index < -0.39 is 12.0 Å². The van der Waals surface area contributed by atoms with E-state index in [4.69, 9.17) is 0 Å². The Morgan fingerprint density at radius 2 is 1.68 bits per heavy atom. The molecule has 0 spiro atoms. The number of carbonyl (C=O) groups excluding carboxylic acids is 1. The summed E-state index contributed by atoms with van der Waals surface area (Å²) in [4.78, 5) is 25.8. The number of aliphatic carboxylic acids is 1. The van der Waals surface area contributed by atoms with Gasteiger partial charge in [0, 0.05) is 12.5 Å². The average molecular weight is 265 g/mol. The van der Waals surface area contributed by atoms with Crippen molar-refractivity contribution in [1.29, 1.82) is 0 Å². The fraction of sp³-hybridized carbons (Fsp3) is 0.867. The normalized spacial score (nSPS) is 41.5. The van der Waals surface area contributed by atoms with Crippen LogP contribution in [-0.4, -0.2) is 34.5 Å². The summed E-state index contributed by atoms with van der Waals surface area (Å²) < 4.78 is 0. The van der Waals surface area contributed by atoms with Crippen molar-refractivity contribution in [2.75, 3.05) is 6.54 Å². The highest BCUT2D eigenvalue weighted by Crippen LogP contribution is 2.56. The third kappa shape index (κ3) is 2.15. The average Bonchev–Trinajstić information content (AvgIpc) is 3.11. The smallest absolute Gasteiger partial charge is 0.326 e. The lowest BCUT2D eigenvalue weighted by Crippen LogP contribution is -2.52. The van der Waals surface area contributed by atoms with Crippen LogP contribution in [0.1, 0.15) is 45.4 Å². The van der Waals surface area contributed by atoms with Gasteiger partial charge in [-0.2, -0.15) is 0 Å². The summed E-state index contributed by atoms with van der Waals surface area (Å²) in [7, 11) is 0. The molecule has 19 heavy (non-hydrogen) atoms. The molecular formula is C15H23NO3. The Balaban J connectivity index is 1.73. The number of carbonyl (C=O) groups is 2. The Hall–Kier alpha value is -1.06. The Bertz CT molecular complexity index is 383. The Kier molecular flexibility index (Phi) is 3.27. The third-order valence-corrected chi connectivity index (χ3v) is 5.41. The molecule has 0 radical (unpaired) electrons. The van der Waals surface area contributed by atoms with E-state index in [2.05, 4.69) is 0 Å². The van der Waals surface area contributed by atoms with Crippen LogP contribution in [0.3, 0.4) is 0 Å². The molecule has 2 saturated carbocycles. The van der Waals surface area contributed by atoms with Gasteiger partial charge in [-0.15, -0.1) is 0 Å². The van der Waals surface area contributed by atoms with Crippen molar-refractivity contribution < 1.29 is 14.7 Å². The van der Waals surface area contributed by atoms with Crippen molar-refractivity contribution in [3.05, 3.63) is 0 Å². The van der Waals surface area contributed by atoms with Crippen molar-refractivity contribution in [3.63, 3.8) is 0 Å². The van der Waals surface area contributed by atoms with Crippen molar-refractivity contribution in [2.24, 2.45) is 23.7 Å². The first-order chi connectivity index (χ1) is 9.11. The molecule has 106 valence electrons. The number of fused-ring (bicyclic) bond motifs is 1. The summed E-state index contributed by atoms with van der Waals surface area (Å²) in [6, 6.07) is -0.594. The number of likely N-dealkylation sites (tertiary alicyclic amines) is 1. The lowest BCUT2D eigenvalue weighted by molar-refractivity contribution is -0.155. The molecule has 1 heterocycles. The Labute approximate surface area is 114 Å². The van der Waals surface area contributed by atoms with E-state index in [-0.39, 0.29) is 17.7 Å². The van der Waals surface area contributed by atoms with Crippen LogP contribution in [0.15, 0.2) is 0 Å². The summed E-state index contributed by atoms with van der Waals surface area (Å²) in [6.07, 6.45) is 6.68. The van der Waals surface area contributed by atoms with Gasteiger partial charge in [0.25, 0.3) is 0 Å². The van der Waals surface area contributed by atoms with E-state index >= 15 is 0 Å². The van der Waals surface area contributed by atoms with E-state index in [1.54, 1.807) is 4.90 Å². The predicted molar refractivity (Wildman–Crippen MR) is 70.5 cm³/mol. The van der Waals surface area contributed by atoms with Gasteiger partial charge in [0.05, 0.1) is 0 Å². The lowest BCUT2D eigenvalue weighted by atomic mass is 9.90. The van der Waals surface area contributed by atoms with Crippen LogP contribution >= 0.6 is 0 Å². The van der Waals surface area contributed by atoms with Crippen molar-refractivity contribution >= 4 is 11.9 Å². The van der Waals surface area contributed by atoms with E-state index in [0.29, 0.717) is 18.4 Å². The molecule has 0 aromatic heterocycles. The standard InChI is InChI=1S/C15H23NO3/c1-9-5-4-8-16(13(9)15(18)19)14(17)12-10-6-2-3-7-11(10)12/h9-13H,2-8H2,1H3,(H,18,19). The maximum absolute atomic E-state index is 12.6. The van der Waals surface area contributed by atoms with Gasteiger partial charge >= 0.3 is 5.97 Å². The molecule has 4 heteroatoms. The number of hydrogen-bond donors (Lipinski definition) is 1. The van der Waals surface area contributed by atoms with Crippen molar-refractivity contribution in [1.82, 2.24) is 4.90 Å². The molecule has 1 aliphatic heterocycles. The zero-order valence-electron chi connectivity index (χ0n) is 11.5. The first kappa shape index (κ1) is 12.9. The van der Waals surface area contributed by atoms with Crippen LogP contribution in [-0.2, 0) is 9.59 Å². The minimum absolute atomic E-state index is 0.0796. The van der Waals surface area contributed by atoms with Gasteiger partial charge in [0.15, 0.2) is 0 Å². The molecule has 3 aliphatic rings. The molecule has 0 bridgehead atoms. The highest BCUT2D eigenvalue weighted by atomic mass is 16.4. The fourth-order valence-electron chi connectivity index (χ4n) is 4.36. The maximum Gasteiger partial charge on any atom is 0.326 e. The summed E-state index contributed by atoms with van der Waals surface area (Å²) in [5, 5.41) is 9.39. The van der Waals surface area contributed by atoms with Crippen LogP contribution in [0.25, 0.3) is 0 Å². The lowest BCUT2D eigenvalue weighted by Gasteiger charge is -2.37. The zero-order valence-corrected chi connectivity index (χ0v) is 11.5. The van der Waals surface area contributed by atoms with E-state index in [9.17, 15) is 14.7 Å². The highest BCUT2D eigenvalue weighted by Gasteiger charge is 2.57. The Morgan fingerprint density at radius 1 is 1.05 bits per heavy atom. The maximum atomic E-state index is 12.6. The largest absolute Gasteiger partial charge is 0.480 e. The second kappa shape index (κ2) is 4.80. The van der Waals surface area contributed by atoms with Gasteiger partial charge < -0.3 is 10.0 Å². The van der Waals surface area contributed by atoms with Crippen LogP contribution < -0.4 is 0 Å². The first-order valence-electron chi connectivity index (χ1n) is 7.64. The van der Waals surface area contributed by atoms with Gasteiger partial charge in [0.1, 0.15) is 6.04 Å². The van der Waals surface area contributed by atoms with Crippen LogP contribution in [0.2, 0.25) is 0 Å². The van der Waals surface area contributed by atoms with Crippen LogP contribution in [0, 0.1) is 23.7 Å². The molecule has 3 fully saturated rings. The fourth-order valence-corrected chi connectivity index (χ4v) is 4.36. The molecule has 4 nitrogen and oxygen atoms in total. The number of carboxylic acids is 1. The molecular weight excluding hydrogens is 242 g/mol. The molecule has 1 amide bonds. The summed E-state index contributed by atoms with van der Waals surface area (Å²) >= 11 is 0. The molecule has 2 aliphatic carbocycles. The van der Waals surface area contributed by atoms with Crippen LogP contribution in [0.4, 0.5) is 0 Å². The molecule has 4 atom stereocenters. The second-order valence-corrected chi connectivity index (χ2v) is 6.57. The van der Waals surface area contributed by atoms with E-state index in [1.807, 2.05) is 6.92 Å². The van der Waals surface area contributed by atoms with Gasteiger partial charge in [-0.05, 0) is 43.4 Å². The monoisotopic (exact) mass is 265 g/mol. The molecule has 1 saturated heterocycles. The highest BCUT2D eigenvalue weighted by molar-refractivity contribution is 5.87. The first-order valence-corrected chi connectivity index (χ1v) is 7.64. The van der Waals surface area contributed by atoms with Gasteiger partial charge in [-0.1, -0.05) is 19.8 Å². The van der Waals surface area contributed by atoms with Crippen molar-refractivity contribution in [3.8, 4) is 0 Å². The molecule has 0 aromatic rings. The summed E-state index contributed by atoms with van der Waals surface area (Å²) in [5.41, 5.74) is 0. The number of amides is 1. The molecule has 0 aromatic carbocycles. The third-order valence-electron chi connectivity index (χ3n) is 5.41. The summed E-state index contributed by atoms with van der Waals surface area (Å²) in [5.74, 6) is 0.659. The SMILES string of the molecule is CC1CCCN(C(=O)C2C3CCCCC32)C1C(=O)O. The van der Waals surface area contributed by atoms with E-state index in [1.165, 1.54) is 25.7 Å². The van der Waals surface area contributed by atoms with Gasteiger partial charge in [-0.25, -0.2) is 4.79 Å².